The van der Waals surface area contributed by atoms with Crippen LogP contribution < -0.4 is 0 Å². The quantitative estimate of drug-likeness (QED) is 0.636. The Morgan fingerprint density at radius 3 is 1.69 bits per heavy atom. The van der Waals surface area contributed by atoms with Crippen molar-refractivity contribution in [3.63, 3.8) is 0 Å². The molecule has 0 radical (unpaired) electrons. The van der Waals surface area contributed by atoms with E-state index in [1.54, 1.807) is 0 Å². The van der Waals surface area contributed by atoms with Crippen LogP contribution in [0.5, 0.6) is 0 Å². The Kier molecular flexibility index (Phi) is 6.16. The molecule has 16 heavy (non-hydrogen) atoms. The summed E-state index contributed by atoms with van der Waals surface area (Å²) >= 11 is 0. The van der Waals surface area contributed by atoms with Gasteiger partial charge in [0.25, 0.3) is 0 Å². The van der Waals surface area contributed by atoms with Crippen molar-refractivity contribution < 1.29 is 8.23 Å². The van der Waals surface area contributed by atoms with Crippen molar-refractivity contribution in [1.82, 2.24) is 0 Å². The van der Waals surface area contributed by atoms with E-state index in [1.165, 1.54) is 18.9 Å². The maximum Gasteiger partial charge on any atom is 0.311 e. The molecule has 0 spiro atoms. The molecule has 2 nitrogen and oxygen atoms in total. The molecule has 0 aliphatic carbocycles. The van der Waals surface area contributed by atoms with Crippen LogP contribution in [-0.4, -0.2) is 25.2 Å². The Balaban J connectivity index is 4.33. The lowest BCUT2D eigenvalue weighted by Crippen LogP contribution is -2.51. The number of hydrogen-bond donors (Lipinski definition) is 0. The van der Waals surface area contributed by atoms with Crippen molar-refractivity contribution in [2.24, 2.45) is 0 Å². The summed E-state index contributed by atoms with van der Waals surface area (Å²) in [5, 5.41) is 0. The van der Waals surface area contributed by atoms with Gasteiger partial charge >= 0.3 is 8.56 Å². The summed E-state index contributed by atoms with van der Waals surface area (Å²) in [6.07, 6.45) is 2.55. The Morgan fingerprint density at radius 1 is 0.812 bits per heavy atom. The largest absolute Gasteiger partial charge is 0.437 e. The van der Waals surface area contributed by atoms with Crippen molar-refractivity contribution in [1.29, 1.82) is 0 Å². The van der Waals surface area contributed by atoms with E-state index in [1.807, 2.05) is 0 Å². The molecule has 0 saturated heterocycles. The lowest BCUT2D eigenvalue weighted by Gasteiger charge is -2.37. The second-order valence-electron chi connectivity index (χ2n) is 6.58. The predicted molar refractivity (Wildman–Crippen MR) is 80.2 cm³/mol. The molecular weight excluding hydrogens is 248 g/mol. The van der Waals surface area contributed by atoms with Gasteiger partial charge in [0.05, 0.1) is 0 Å². The molecule has 0 unspecified atom stereocenters. The Hall–Kier alpha value is 0.571. The van der Waals surface area contributed by atoms with Crippen LogP contribution in [0.15, 0.2) is 0 Å². The minimum Gasteiger partial charge on any atom is -0.437 e. The molecule has 0 fully saturated rings. The van der Waals surface area contributed by atoms with Gasteiger partial charge in [-0.05, 0) is 51.9 Å². The molecule has 98 valence electrons. The van der Waals surface area contributed by atoms with Gasteiger partial charge in [-0.25, -0.2) is 0 Å². The van der Waals surface area contributed by atoms with Crippen molar-refractivity contribution in [3.8, 4) is 0 Å². The highest BCUT2D eigenvalue weighted by atomic mass is 28.5. The third kappa shape index (κ3) is 8.69. The summed E-state index contributed by atoms with van der Waals surface area (Å²) in [6, 6.07) is 1.26. The molecule has 0 aliphatic rings. The molecule has 0 aromatic carbocycles. The van der Waals surface area contributed by atoms with Gasteiger partial charge < -0.3 is 8.23 Å². The highest BCUT2D eigenvalue weighted by Crippen LogP contribution is 2.23. The molecule has 0 N–H and O–H groups in total. The summed E-state index contributed by atoms with van der Waals surface area (Å²) < 4.78 is 12.6. The number of rotatable bonds is 7. The maximum atomic E-state index is 6.39. The lowest BCUT2D eigenvalue weighted by molar-refractivity contribution is 0.391. The van der Waals surface area contributed by atoms with Crippen LogP contribution in [0.1, 0.15) is 19.8 Å². The lowest BCUT2D eigenvalue weighted by atomic mass is 10.4. The van der Waals surface area contributed by atoms with E-state index in [0.717, 1.165) is 0 Å². The van der Waals surface area contributed by atoms with Crippen LogP contribution in [0, 0.1) is 0 Å². The Labute approximate surface area is 105 Å². The van der Waals surface area contributed by atoms with Crippen molar-refractivity contribution in [3.05, 3.63) is 0 Å². The van der Waals surface area contributed by atoms with Gasteiger partial charge in [0.2, 0.25) is 0 Å². The summed E-state index contributed by atoms with van der Waals surface area (Å²) in [7, 11) is -4.87. The second kappa shape index (κ2) is 5.95. The monoisotopic (exact) mass is 278 g/mol. The minimum atomic E-state index is -1.90. The van der Waals surface area contributed by atoms with E-state index in [0.29, 0.717) is 0 Å². The van der Waals surface area contributed by atoms with Crippen molar-refractivity contribution >= 4 is 25.2 Å². The van der Waals surface area contributed by atoms with E-state index in [4.69, 9.17) is 8.23 Å². The third-order valence-electron chi connectivity index (χ3n) is 2.21. The van der Waals surface area contributed by atoms with E-state index < -0.39 is 25.2 Å². The first-order valence-electron chi connectivity index (χ1n) is 6.38. The molecule has 0 amide bonds. The standard InChI is InChI=1S/C11H30O2Si3/c1-9-10-11-15(5,6)13-16(7,8)12-14(2,3)4/h9-11H2,1-8H3. The van der Waals surface area contributed by atoms with Crippen LogP contribution in [0.4, 0.5) is 0 Å². The first kappa shape index (κ1) is 16.6. The average Bonchev–Trinajstić information content (AvgIpc) is 1.93. The summed E-state index contributed by atoms with van der Waals surface area (Å²) in [6.45, 7) is 18.0. The van der Waals surface area contributed by atoms with Gasteiger partial charge in [-0.2, -0.15) is 0 Å². The highest BCUT2D eigenvalue weighted by molar-refractivity contribution is 6.87. The fraction of sp³-hybridized carbons (Fsp3) is 1.00. The molecule has 0 aromatic heterocycles. The van der Waals surface area contributed by atoms with E-state index in [9.17, 15) is 0 Å². The number of hydrogen-bond acceptors (Lipinski definition) is 2. The molecule has 0 saturated carbocycles. The smallest absolute Gasteiger partial charge is 0.311 e. The zero-order valence-electron chi connectivity index (χ0n) is 12.4. The molecule has 0 aromatic rings. The topological polar surface area (TPSA) is 18.5 Å². The highest BCUT2D eigenvalue weighted by Gasteiger charge is 2.37. The van der Waals surface area contributed by atoms with Gasteiger partial charge in [0.15, 0.2) is 16.6 Å². The summed E-state index contributed by atoms with van der Waals surface area (Å²) in [5.74, 6) is 0. The molecule has 5 heteroatoms. The van der Waals surface area contributed by atoms with E-state index >= 15 is 0 Å². The zero-order chi connectivity index (χ0) is 13.0. The van der Waals surface area contributed by atoms with E-state index in [2.05, 4.69) is 52.8 Å². The van der Waals surface area contributed by atoms with Crippen LogP contribution in [0.2, 0.25) is 51.9 Å². The van der Waals surface area contributed by atoms with Gasteiger partial charge in [0, 0.05) is 0 Å². The van der Waals surface area contributed by atoms with Crippen LogP contribution >= 0.6 is 0 Å². The van der Waals surface area contributed by atoms with Gasteiger partial charge in [-0.15, -0.1) is 0 Å². The first-order chi connectivity index (χ1) is 6.97. The van der Waals surface area contributed by atoms with Gasteiger partial charge in [-0.1, -0.05) is 19.8 Å². The third-order valence-corrected chi connectivity index (χ3v) is 12.4. The molecule has 0 atom stereocenters. The Bertz CT molecular complexity index is 210. The van der Waals surface area contributed by atoms with E-state index in [-0.39, 0.29) is 0 Å². The zero-order valence-corrected chi connectivity index (χ0v) is 15.4. The maximum absolute atomic E-state index is 6.39. The van der Waals surface area contributed by atoms with Gasteiger partial charge in [0.1, 0.15) is 0 Å². The molecule has 0 bridgehead atoms. The summed E-state index contributed by atoms with van der Waals surface area (Å²) in [4.78, 5) is 0. The fourth-order valence-electron chi connectivity index (χ4n) is 2.08. The normalized spacial score (nSPS) is 14.2. The van der Waals surface area contributed by atoms with Crippen molar-refractivity contribution in [2.45, 2.75) is 71.6 Å². The molecular formula is C11H30O2Si3. The second-order valence-corrected chi connectivity index (χ2v) is 19.3. The Morgan fingerprint density at radius 2 is 1.31 bits per heavy atom. The average molecular weight is 279 g/mol. The molecule has 0 heterocycles. The molecule has 0 aliphatic heterocycles. The first-order valence-corrected chi connectivity index (χ1v) is 15.7. The van der Waals surface area contributed by atoms with Crippen LogP contribution in [0.3, 0.4) is 0 Å². The number of unbranched alkanes of at least 4 members (excludes halogenated alkanes) is 1. The van der Waals surface area contributed by atoms with Crippen molar-refractivity contribution in [2.75, 3.05) is 0 Å². The SMILES string of the molecule is CCCC[Si](C)(C)O[Si](C)(C)O[Si](C)(C)C. The fourth-order valence-corrected chi connectivity index (χ4v) is 15.5. The predicted octanol–water partition coefficient (Wildman–Crippen LogP) is 4.56. The minimum absolute atomic E-state index is 1.26. The van der Waals surface area contributed by atoms with Crippen LogP contribution in [0.25, 0.3) is 0 Å². The van der Waals surface area contributed by atoms with Crippen LogP contribution in [-0.2, 0) is 8.23 Å². The molecule has 0 rings (SSSR count). The summed E-state index contributed by atoms with van der Waals surface area (Å²) in [5.41, 5.74) is 0. The van der Waals surface area contributed by atoms with Gasteiger partial charge in [-0.3, -0.25) is 0 Å².